The summed E-state index contributed by atoms with van der Waals surface area (Å²) in [6.45, 7) is 12.5. The Labute approximate surface area is 128 Å². The van der Waals surface area contributed by atoms with Gasteiger partial charge in [0.15, 0.2) is 0 Å². The van der Waals surface area contributed by atoms with Crippen LogP contribution < -0.4 is 0 Å². The maximum Gasteiger partial charge on any atom is 0.495 e. The fraction of sp³-hybridized carbons (Fsp3) is 0.588. The molecule has 1 N–H and O–H groups in total. The average molecular weight is 287 g/mol. The van der Waals surface area contributed by atoms with E-state index in [9.17, 15) is 0 Å². The van der Waals surface area contributed by atoms with Crippen molar-refractivity contribution in [1.82, 2.24) is 0 Å². The number of allylic oxidation sites excluding steroid dienone is 6. The van der Waals surface area contributed by atoms with Crippen LogP contribution in [-0.2, 0) is 9.31 Å². The van der Waals surface area contributed by atoms with Crippen molar-refractivity contribution in [2.75, 3.05) is 0 Å². The molecule has 1 fully saturated rings. The van der Waals surface area contributed by atoms with Gasteiger partial charge in [-0.2, -0.15) is 0 Å². The normalized spacial score (nSPS) is 27.1. The van der Waals surface area contributed by atoms with Crippen molar-refractivity contribution in [3.63, 3.8) is 0 Å². The third kappa shape index (κ3) is 3.07. The van der Waals surface area contributed by atoms with Gasteiger partial charge in [-0.25, -0.2) is 0 Å². The van der Waals surface area contributed by atoms with Crippen LogP contribution in [-0.4, -0.2) is 24.0 Å². The van der Waals surface area contributed by atoms with Gasteiger partial charge in [0.2, 0.25) is 0 Å². The molecular formula is C17H26BNO2. The van der Waals surface area contributed by atoms with Crippen LogP contribution in [0.4, 0.5) is 0 Å². The first-order valence-corrected chi connectivity index (χ1v) is 7.73. The summed E-state index contributed by atoms with van der Waals surface area (Å²) < 4.78 is 12.3. The van der Waals surface area contributed by atoms with Crippen molar-refractivity contribution in [3.8, 4) is 0 Å². The lowest BCUT2D eigenvalue weighted by atomic mass is 9.70. The third-order valence-corrected chi connectivity index (χ3v) is 4.74. The molecule has 0 aromatic heterocycles. The van der Waals surface area contributed by atoms with E-state index in [1.165, 1.54) is 0 Å². The minimum atomic E-state index is -0.407. The molecule has 21 heavy (non-hydrogen) atoms. The van der Waals surface area contributed by atoms with E-state index in [-0.39, 0.29) is 11.2 Å². The van der Waals surface area contributed by atoms with Crippen LogP contribution in [0.1, 0.15) is 48.0 Å². The molecule has 1 saturated heterocycles. The standard InChI is InChI=1S/C17H26BNO2/c1-7-12(2)11-13-14(9-8-10-15(13)19)18-20-16(3,4)17(5,6)21-18/h8-12,19H,7H2,1-6H3/b13-11-,19-15?. The molecule has 1 aliphatic carbocycles. The van der Waals surface area contributed by atoms with Gasteiger partial charge < -0.3 is 14.7 Å². The predicted octanol–water partition coefficient (Wildman–Crippen LogP) is 4.11. The molecule has 1 atom stereocenters. The van der Waals surface area contributed by atoms with E-state index in [0.29, 0.717) is 11.6 Å². The van der Waals surface area contributed by atoms with Crippen molar-refractivity contribution in [1.29, 1.82) is 5.41 Å². The molecule has 114 valence electrons. The predicted molar refractivity (Wildman–Crippen MR) is 88.6 cm³/mol. The average Bonchev–Trinajstić information content (AvgIpc) is 2.60. The summed E-state index contributed by atoms with van der Waals surface area (Å²) in [4.78, 5) is 0. The second-order valence-corrected chi connectivity index (χ2v) is 6.95. The summed E-state index contributed by atoms with van der Waals surface area (Å²) in [5.74, 6) is 0.428. The van der Waals surface area contributed by atoms with Gasteiger partial charge in [-0.05, 0) is 50.7 Å². The second kappa shape index (κ2) is 5.58. The van der Waals surface area contributed by atoms with E-state index < -0.39 is 7.12 Å². The Morgan fingerprint density at radius 2 is 1.81 bits per heavy atom. The highest BCUT2D eigenvalue weighted by atomic mass is 16.7. The van der Waals surface area contributed by atoms with E-state index in [1.807, 2.05) is 18.2 Å². The molecule has 0 saturated carbocycles. The van der Waals surface area contributed by atoms with Crippen LogP contribution in [0.15, 0.2) is 35.3 Å². The van der Waals surface area contributed by atoms with E-state index in [0.717, 1.165) is 17.5 Å². The summed E-state index contributed by atoms with van der Waals surface area (Å²) >= 11 is 0. The fourth-order valence-electron chi connectivity index (χ4n) is 2.35. The number of hydrogen-bond acceptors (Lipinski definition) is 3. The van der Waals surface area contributed by atoms with Crippen molar-refractivity contribution in [2.24, 2.45) is 5.92 Å². The molecule has 0 spiro atoms. The van der Waals surface area contributed by atoms with Gasteiger partial charge in [-0.15, -0.1) is 0 Å². The molecule has 0 bridgehead atoms. The van der Waals surface area contributed by atoms with E-state index in [1.54, 1.807) is 0 Å². The Balaban J connectivity index is 2.34. The molecule has 1 aliphatic heterocycles. The minimum absolute atomic E-state index is 0.358. The number of nitrogens with one attached hydrogen (secondary N) is 1. The number of rotatable bonds is 3. The van der Waals surface area contributed by atoms with Crippen molar-refractivity contribution >= 4 is 12.8 Å². The number of hydrogen-bond donors (Lipinski definition) is 1. The molecule has 0 aromatic rings. The third-order valence-electron chi connectivity index (χ3n) is 4.74. The smallest absolute Gasteiger partial charge is 0.399 e. The Morgan fingerprint density at radius 1 is 1.24 bits per heavy atom. The highest BCUT2D eigenvalue weighted by molar-refractivity contribution is 6.58. The molecular weight excluding hydrogens is 261 g/mol. The Hall–Kier alpha value is -1.13. The van der Waals surface area contributed by atoms with Gasteiger partial charge in [0.1, 0.15) is 0 Å². The van der Waals surface area contributed by atoms with Crippen molar-refractivity contribution in [3.05, 3.63) is 35.3 Å². The topological polar surface area (TPSA) is 42.3 Å². The largest absolute Gasteiger partial charge is 0.495 e. The van der Waals surface area contributed by atoms with E-state index in [2.05, 4.69) is 47.6 Å². The van der Waals surface area contributed by atoms with Gasteiger partial charge in [-0.3, -0.25) is 0 Å². The molecule has 2 aliphatic rings. The quantitative estimate of drug-likeness (QED) is 0.794. The Morgan fingerprint density at radius 3 is 2.33 bits per heavy atom. The van der Waals surface area contributed by atoms with Gasteiger partial charge in [-0.1, -0.05) is 38.5 Å². The van der Waals surface area contributed by atoms with Gasteiger partial charge in [0.05, 0.1) is 16.9 Å². The maximum absolute atomic E-state index is 8.20. The Bertz CT molecular complexity index is 513. The van der Waals surface area contributed by atoms with Crippen molar-refractivity contribution in [2.45, 2.75) is 59.2 Å². The fourth-order valence-corrected chi connectivity index (χ4v) is 2.35. The lowest BCUT2D eigenvalue weighted by molar-refractivity contribution is 0.00578. The zero-order chi connectivity index (χ0) is 15.8. The second-order valence-electron chi connectivity index (χ2n) is 6.95. The van der Waals surface area contributed by atoms with Crippen LogP contribution in [0.25, 0.3) is 0 Å². The molecule has 2 rings (SSSR count). The van der Waals surface area contributed by atoms with Gasteiger partial charge in [0.25, 0.3) is 0 Å². The molecule has 0 aromatic carbocycles. The molecule has 0 radical (unpaired) electrons. The van der Waals surface area contributed by atoms with Gasteiger partial charge in [0, 0.05) is 0 Å². The zero-order valence-corrected chi connectivity index (χ0v) is 14.0. The van der Waals surface area contributed by atoms with Crippen molar-refractivity contribution < 1.29 is 9.31 Å². The van der Waals surface area contributed by atoms with Crippen LogP contribution in [0, 0.1) is 11.3 Å². The lowest BCUT2D eigenvalue weighted by Gasteiger charge is -2.32. The van der Waals surface area contributed by atoms with Crippen LogP contribution in [0.5, 0.6) is 0 Å². The minimum Gasteiger partial charge on any atom is -0.399 e. The molecule has 1 heterocycles. The summed E-state index contributed by atoms with van der Waals surface area (Å²) in [7, 11) is -0.407. The summed E-state index contributed by atoms with van der Waals surface area (Å²) in [5.41, 5.74) is 1.71. The zero-order valence-electron chi connectivity index (χ0n) is 14.0. The molecule has 0 amide bonds. The Kier molecular flexibility index (Phi) is 4.32. The summed E-state index contributed by atoms with van der Waals surface area (Å²) in [6.07, 6.45) is 8.94. The molecule has 1 unspecified atom stereocenters. The van der Waals surface area contributed by atoms with E-state index >= 15 is 0 Å². The van der Waals surface area contributed by atoms with Crippen LogP contribution in [0.3, 0.4) is 0 Å². The highest BCUT2D eigenvalue weighted by Gasteiger charge is 2.53. The lowest BCUT2D eigenvalue weighted by Crippen LogP contribution is -2.41. The SMILES string of the molecule is CCC(C)/C=C1\C(=N)C=CC=C1B1OC(C)(C)C(C)(C)O1. The van der Waals surface area contributed by atoms with Crippen LogP contribution >= 0.6 is 0 Å². The first kappa shape index (κ1) is 16.2. The maximum atomic E-state index is 8.20. The van der Waals surface area contributed by atoms with Crippen LogP contribution in [0.2, 0.25) is 0 Å². The summed E-state index contributed by atoms with van der Waals surface area (Å²) in [6, 6.07) is 0. The van der Waals surface area contributed by atoms with Gasteiger partial charge >= 0.3 is 7.12 Å². The highest BCUT2D eigenvalue weighted by Crippen LogP contribution is 2.40. The molecule has 3 nitrogen and oxygen atoms in total. The summed E-state index contributed by atoms with van der Waals surface area (Å²) in [5, 5.41) is 8.20. The van der Waals surface area contributed by atoms with E-state index in [4.69, 9.17) is 14.7 Å². The molecule has 4 heteroatoms. The first-order chi connectivity index (χ1) is 9.68. The first-order valence-electron chi connectivity index (χ1n) is 7.73. The monoisotopic (exact) mass is 287 g/mol.